The minimum absolute atomic E-state index is 0.287. The molecule has 90 valence electrons. The van der Waals surface area contributed by atoms with Gasteiger partial charge >= 0.3 is 0 Å². The molecule has 2 aromatic rings. The smallest absolute Gasteiger partial charge is 0.162 e. The molecule has 0 saturated carbocycles. The van der Waals surface area contributed by atoms with Crippen LogP contribution in [-0.2, 0) is 6.42 Å². The van der Waals surface area contributed by atoms with E-state index in [1.54, 1.807) is 17.4 Å². The predicted octanol–water partition coefficient (Wildman–Crippen LogP) is 3.58. The molecule has 1 atom stereocenters. The van der Waals surface area contributed by atoms with Crippen molar-refractivity contribution < 1.29 is 8.78 Å². The lowest BCUT2D eigenvalue weighted by Crippen LogP contribution is -2.13. The Morgan fingerprint density at radius 2 is 2.00 bits per heavy atom. The number of hydrogen-bond acceptors (Lipinski definition) is 2. The van der Waals surface area contributed by atoms with Gasteiger partial charge in [-0.05, 0) is 37.1 Å². The second-order valence-corrected chi connectivity index (χ2v) is 5.29. The summed E-state index contributed by atoms with van der Waals surface area (Å²) in [5, 5.41) is 0. The Kier molecular flexibility index (Phi) is 3.54. The van der Waals surface area contributed by atoms with E-state index in [2.05, 4.69) is 0 Å². The van der Waals surface area contributed by atoms with Crippen molar-refractivity contribution in [2.45, 2.75) is 19.4 Å². The third-order valence-corrected chi connectivity index (χ3v) is 3.73. The van der Waals surface area contributed by atoms with Crippen molar-refractivity contribution in [1.82, 2.24) is 0 Å². The van der Waals surface area contributed by atoms with Crippen LogP contribution < -0.4 is 5.73 Å². The van der Waals surface area contributed by atoms with Gasteiger partial charge in [0.25, 0.3) is 0 Å². The van der Waals surface area contributed by atoms with Gasteiger partial charge in [0.15, 0.2) is 11.6 Å². The fourth-order valence-corrected chi connectivity index (χ4v) is 2.57. The second kappa shape index (κ2) is 4.94. The molecule has 4 heteroatoms. The minimum Gasteiger partial charge on any atom is -0.323 e. The number of halogens is 2. The molecule has 1 aromatic carbocycles. The van der Waals surface area contributed by atoms with Crippen LogP contribution in [0, 0.1) is 18.6 Å². The summed E-state index contributed by atoms with van der Waals surface area (Å²) in [4.78, 5) is 2.15. The van der Waals surface area contributed by atoms with Crippen molar-refractivity contribution in [2.24, 2.45) is 5.73 Å². The van der Waals surface area contributed by atoms with Crippen LogP contribution in [-0.4, -0.2) is 0 Å². The molecule has 0 spiro atoms. The summed E-state index contributed by atoms with van der Waals surface area (Å²) in [7, 11) is 0. The number of thiophene rings is 1. The van der Waals surface area contributed by atoms with Crippen LogP contribution in [0.25, 0.3) is 0 Å². The number of nitrogens with two attached hydrogens (primary N) is 1. The van der Waals surface area contributed by atoms with Gasteiger partial charge in [0, 0.05) is 15.8 Å². The van der Waals surface area contributed by atoms with E-state index in [0.29, 0.717) is 12.0 Å². The van der Waals surface area contributed by atoms with Crippen molar-refractivity contribution in [2.75, 3.05) is 0 Å². The van der Waals surface area contributed by atoms with Crippen LogP contribution in [0.2, 0.25) is 0 Å². The molecular formula is C13H13F2NS. The van der Waals surface area contributed by atoms with E-state index in [1.165, 1.54) is 6.07 Å². The quantitative estimate of drug-likeness (QED) is 0.889. The van der Waals surface area contributed by atoms with Crippen LogP contribution in [0.1, 0.15) is 21.4 Å². The standard InChI is InChI=1S/C13H13F2NS/c1-8-5-6-12(17-8)11(16)7-9-3-2-4-10(14)13(9)15/h2-6,11H,7,16H2,1H3. The SMILES string of the molecule is Cc1ccc(C(N)Cc2cccc(F)c2F)s1. The summed E-state index contributed by atoms with van der Waals surface area (Å²) < 4.78 is 26.5. The van der Waals surface area contributed by atoms with E-state index in [-0.39, 0.29) is 6.04 Å². The van der Waals surface area contributed by atoms with Crippen LogP contribution in [0.3, 0.4) is 0 Å². The summed E-state index contributed by atoms with van der Waals surface area (Å²) in [6.07, 6.45) is 0.309. The predicted molar refractivity (Wildman–Crippen MR) is 66.0 cm³/mol. The van der Waals surface area contributed by atoms with Gasteiger partial charge in [-0.2, -0.15) is 0 Å². The van der Waals surface area contributed by atoms with E-state index in [4.69, 9.17) is 5.73 Å². The molecule has 1 unspecified atom stereocenters. The second-order valence-electron chi connectivity index (χ2n) is 3.97. The van der Waals surface area contributed by atoms with E-state index < -0.39 is 11.6 Å². The summed E-state index contributed by atoms with van der Waals surface area (Å²) >= 11 is 1.58. The van der Waals surface area contributed by atoms with Gasteiger partial charge in [-0.3, -0.25) is 0 Å². The average molecular weight is 253 g/mol. The molecule has 2 N–H and O–H groups in total. The zero-order valence-corrected chi connectivity index (χ0v) is 10.2. The Morgan fingerprint density at radius 1 is 1.24 bits per heavy atom. The van der Waals surface area contributed by atoms with E-state index >= 15 is 0 Å². The van der Waals surface area contributed by atoms with Crippen LogP contribution in [0.15, 0.2) is 30.3 Å². The summed E-state index contributed by atoms with van der Waals surface area (Å²) in [5.74, 6) is -1.62. The molecule has 1 nitrogen and oxygen atoms in total. The number of aryl methyl sites for hydroxylation is 1. The highest BCUT2D eigenvalue weighted by molar-refractivity contribution is 7.12. The average Bonchev–Trinajstić information content (AvgIpc) is 2.72. The highest BCUT2D eigenvalue weighted by Crippen LogP contribution is 2.25. The largest absolute Gasteiger partial charge is 0.323 e. The first-order valence-corrected chi connectivity index (χ1v) is 6.14. The number of rotatable bonds is 3. The Labute approximate surface area is 103 Å². The van der Waals surface area contributed by atoms with Crippen LogP contribution in [0.5, 0.6) is 0 Å². The van der Waals surface area contributed by atoms with Gasteiger partial charge in [0.1, 0.15) is 0 Å². The van der Waals surface area contributed by atoms with Crippen LogP contribution in [0.4, 0.5) is 8.78 Å². The Hall–Kier alpha value is -1.26. The normalized spacial score (nSPS) is 12.7. The molecule has 1 aromatic heterocycles. The van der Waals surface area contributed by atoms with Gasteiger partial charge in [-0.25, -0.2) is 8.78 Å². The third kappa shape index (κ3) is 2.70. The monoisotopic (exact) mass is 253 g/mol. The first kappa shape index (κ1) is 12.2. The fraction of sp³-hybridized carbons (Fsp3) is 0.231. The Balaban J connectivity index is 2.18. The van der Waals surface area contributed by atoms with E-state index in [9.17, 15) is 8.78 Å². The van der Waals surface area contributed by atoms with E-state index in [1.807, 2.05) is 19.1 Å². The zero-order valence-electron chi connectivity index (χ0n) is 9.41. The topological polar surface area (TPSA) is 26.0 Å². The molecule has 0 radical (unpaired) electrons. The maximum Gasteiger partial charge on any atom is 0.162 e. The van der Waals surface area contributed by atoms with Crippen molar-refractivity contribution in [1.29, 1.82) is 0 Å². The molecule has 0 fully saturated rings. The lowest BCUT2D eigenvalue weighted by atomic mass is 10.0. The van der Waals surface area contributed by atoms with Gasteiger partial charge in [0.05, 0.1) is 0 Å². The zero-order chi connectivity index (χ0) is 12.4. The molecule has 0 aliphatic carbocycles. The molecule has 17 heavy (non-hydrogen) atoms. The Bertz CT molecular complexity index is 522. The first-order valence-electron chi connectivity index (χ1n) is 5.32. The first-order chi connectivity index (χ1) is 8.08. The number of hydrogen-bond donors (Lipinski definition) is 1. The maximum atomic E-state index is 13.5. The number of benzene rings is 1. The van der Waals surface area contributed by atoms with Gasteiger partial charge < -0.3 is 5.73 Å². The van der Waals surface area contributed by atoms with Gasteiger partial charge in [-0.15, -0.1) is 11.3 Å². The van der Waals surface area contributed by atoms with Gasteiger partial charge in [0.2, 0.25) is 0 Å². The van der Waals surface area contributed by atoms with Crippen molar-refractivity contribution in [3.05, 3.63) is 57.3 Å². The maximum absolute atomic E-state index is 13.5. The highest BCUT2D eigenvalue weighted by atomic mass is 32.1. The molecule has 0 bridgehead atoms. The summed E-state index contributed by atoms with van der Waals surface area (Å²) in [6, 6.07) is 7.80. The third-order valence-electron chi connectivity index (χ3n) is 2.60. The molecule has 2 rings (SSSR count). The molecule has 1 heterocycles. The Morgan fingerprint density at radius 3 is 2.65 bits per heavy atom. The molecule has 0 saturated heterocycles. The van der Waals surface area contributed by atoms with Gasteiger partial charge in [-0.1, -0.05) is 12.1 Å². The highest BCUT2D eigenvalue weighted by Gasteiger charge is 2.14. The van der Waals surface area contributed by atoms with Crippen molar-refractivity contribution in [3.63, 3.8) is 0 Å². The van der Waals surface area contributed by atoms with Crippen molar-refractivity contribution >= 4 is 11.3 Å². The summed E-state index contributed by atoms with van der Waals surface area (Å²) in [6.45, 7) is 1.99. The molecule has 0 amide bonds. The lowest BCUT2D eigenvalue weighted by Gasteiger charge is -2.10. The van der Waals surface area contributed by atoms with E-state index in [0.717, 1.165) is 15.8 Å². The van der Waals surface area contributed by atoms with Crippen LogP contribution >= 0.6 is 11.3 Å². The minimum atomic E-state index is -0.822. The molecule has 0 aliphatic rings. The van der Waals surface area contributed by atoms with Crippen molar-refractivity contribution in [3.8, 4) is 0 Å². The molecule has 0 aliphatic heterocycles. The summed E-state index contributed by atoms with van der Waals surface area (Å²) in [5.41, 5.74) is 6.30. The fourth-order valence-electron chi connectivity index (χ4n) is 1.70. The lowest BCUT2D eigenvalue weighted by molar-refractivity contribution is 0.494. The molecular weight excluding hydrogens is 240 g/mol.